The van der Waals surface area contributed by atoms with Crippen molar-refractivity contribution >= 4 is 57.1 Å². The van der Waals surface area contributed by atoms with Crippen molar-refractivity contribution in [3.63, 3.8) is 0 Å². The van der Waals surface area contributed by atoms with Crippen LogP contribution in [0.4, 0.5) is 37.7 Å². The maximum Gasteiger partial charge on any atom is 0.416 e. The van der Waals surface area contributed by atoms with Crippen LogP contribution in [0.3, 0.4) is 0 Å². The molecule has 0 spiro atoms. The van der Waals surface area contributed by atoms with Gasteiger partial charge in [0.2, 0.25) is 17.6 Å². The first-order chi connectivity index (χ1) is 31.8. The number of nitrogens with one attached hydrogen (secondary N) is 5. The summed E-state index contributed by atoms with van der Waals surface area (Å²) in [4.78, 5) is 74.3. The van der Waals surface area contributed by atoms with Gasteiger partial charge in [-0.1, -0.05) is 12.1 Å². The number of alkyl halides is 6. The Balaban J connectivity index is 0.000000183. The molecule has 3 amide bonds. The van der Waals surface area contributed by atoms with Gasteiger partial charge in [0, 0.05) is 49.7 Å². The molecule has 0 saturated carbocycles. The van der Waals surface area contributed by atoms with E-state index in [2.05, 4.69) is 55.8 Å². The second kappa shape index (κ2) is 20.1. The van der Waals surface area contributed by atoms with Crippen LogP contribution in [0.5, 0.6) is 23.3 Å². The third-order valence-corrected chi connectivity index (χ3v) is 8.63. The molecule has 67 heavy (non-hydrogen) atoms. The van der Waals surface area contributed by atoms with E-state index in [-0.39, 0.29) is 62.8 Å². The highest BCUT2D eigenvalue weighted by Gasteiger charge is 2.32. The van der Waals surface area contributed by atoms with Crippen LogP contribution in [0.25, 0.3) is 22.1 Å². The van der Waals surface area contributed by atoms with E-state index in [9.17, 15) is 45.5 Å². The van der Waals surface area contributed by atoms with E-state index in [0.717, 1.165) is 30.3 Å². The Hall–Kier alpha value is -9.16. The van der Waals surface area contributed by atoms with Crippen LogP contribution in [0.2, 0.25) is 0 Å². The van der Waals surface area contributed by atoms with Crippen molar-refractivity contribution in [1.29, 1.82) is 0 Å². The van der Waals surface area contributed by atoms with Crippen molar-refractivity contribution in [1.82, 2.24) is 50.5 Å². The number of carbonyl (C=O) groups excluding carboxylic acids is 3. The minimum atomic E-state index is -4.51. The summed E-state index contributed by atoms with van der Waals surface area (Å²) in [5.74, 6) is -1.93. The number of nitrogen functional groups attached to an aromatic ring is 1. The molecule has 4 heterocycles. The molecule has 4 aromatic carbocycles. The molecule has 344 valence electrons. The number of nitrogens with two attached hydrogens (primary N) is 1. The number of halogens is 6. The first kappa shape index (κ1) is 47.3. The molecule has 0 atom stereocenters. The summed E-state index contributed by atoms with van der Waals surface area (Å²) in [5.41, 5.74) is 5.77. The number of benzene rings is 4. The van der Waals surface area contributed by atoms with E-state index >= 15 is 0 Å². The molecule has 0 unspecified atom stereocenters. The van der Waals surface area contributed by atoms with Crippen LogP contribution in [-0.4, -0.2) is 82.8 Å². The van der Waals surface area contributed by atoms with Gasteiger partial charge >= 0.3 is 18.3 Å². The first-order valence-electron chi connectivity index (χ1n) is 18.9. The van der Waals surface area contributed by atoms with Gasteiger partial charge in [-0.05, 0) is 60.7 Å². The molecular formula is C42H32F6N12O7. The summed E-state index contributed by atoms with van der Waals surface area (Å²) in [6.45, 7) is 0. The van der Waals surface area contributed by atoms with E-state index in [4.69, 9.17) is 20.3 Å². The van der Waals surface area contributed by atoms with Gasteiger partial charge in [0.15, 0.2) is 5.82 Å². The number of aromatic amines is 2. The Morgan fingerprint density at radius 3 is 1.55 bits per heavy atom. The Bertz CT molecular complexity index is 3100. The highest BCUT2D eigenvalue weighted by molar-refractivity contribution is 6.03. The van der Waals surface area contributed by atoms with E-state index in [1.54, 1.807) is 42.5 Å². The summed E-state index contributed by atoms with van der Waals surface area (Å²) < 4.78 is 86.8. The summed E-state index contributed by atoms with van der Waals surface area (Å²) in [6.07, 6.45) is -6.51. The summed E-state index contributed by atoms with van der Waals surface area (Å²) >= 11 is 0. The largest absolute Gasteiger partial charge is 0.475 e. The van der Waals surface area contributed by atoms with Gasteiger partial charge < -0.3 is 46.2 Å². The maximum atomic E-state index is 12.9. The number of hydrogen-bond acceptors (Lipinski definition) is 13. The fraction of sp³-hybridized carbons (Fsp3) is 0.0952. The van der Waals surface area contributed by atoms with Gasteiger partial charge in [0.1, 0.15) is 35.5 Å². The zero-order valence-electron chi connectivity index (χ0n) is 34.3. The lowest BCUT2D eigenvalue weighted by Crippen LogP contribution is -2.19. The lowest BCUT2D eigenvalue weighted by atomic mass is 10.2. The standard InChI is InChI=1S/C21H15F3N6O3.C12H12N4O2.C9H5F3N2O2/c1-25-19(31)16-9-17(27-10-26-16)33-13-4-2-3-12(8-13)28-20(32)18-29-14-6-5-11(21(22,23)24)7-15(14)30-18;1-14-12(17)10-6-11(16-7-15-10)18-9-4-2-3-8(13)5-9;10-9(11,12)4-1-2-5-6(3-4)14-7(13-5)8(15)16/h2-10H,1H3,(H,25,31)(H,28,32)(H,29,30);2-7H,13H2,1H3,(H,14,17);1-3H,(H,13,14)(H,15,16). The number of hydrogen-bond donors (Lipinski definition) is 7. The number of nitrogens with zero attached hydrogens (tertiary/aromatic N) is 6. The second-order valence-corrected chi connectivity index (χ2v) is 13.3. The third-order valence-electron chi connectivity index (χ3n) is 8.63. The number of aromatic carboxylic acids is 1. The van der Waals surface area contributed by atoms with Gasteiger partial charge in [-0.15, -0.1) is 0 Å². The number of carbonyl (C=O) groups is 4. The molecule has 0 radical (unpaired) electrons. The molecule has 4 aromatic heterocycles. The summed E-state index contributed by atoms with van der Waals surface area (Å²) in [7, 11) is 3.00. The average molecular weight is 931 g/mol. The smallest absolute Gasteiger partial charge is 0.416 e. The molecule has 0 aliphatic heterocycles. The van der Waals surface area contributed by atoms with Crippen molar-refractivity contribution in [2.24, 2.45) is 0 Å². The highest BCUT2D eigenvalue weighted by Crippen LogP contribution is 2.32. The zero-order chi connectivity index (χ0) is 48.5. The molecule has 0 saturated heterocycles. The van der Waals surface area contributed by atoms with Crippen molar-refractivity contribution in [3.05, 3.63) is 144 Å². The number of carboxylic acid groups (broad SMARTS) is 1. The lowest BCUT2D eigenvalue weighted by Gasteiger charge is -2.08. The molecule has 0 aliphatic rings. The molecule has 0 aliphatic carbocycles. The van der Waals surface area contributed by atoms with Crippen LogP contribution in [-0.2, 0) is 12.4 Å². The van der Waals surface area contributed by atoms with Gasteiger partial charge in [-0.2, -0.15) is 26.3 Å². The highest BCUT2D eigenvalue weighted by atomic mass is 19.4. The van der Waals surface area contributed by atoms with Crippen molar-refractivity contribution in [2.45, 2.75) is 12.4 Å². The number of ether oxygens (including phenoxy) is 2. The number of aromatic nitrogens is 8. The van der Waals surface area contributed by atoms with Crippen LogP contribution in [0.15, 0.2) is 110 Å². The Morgan fingerprint density at radius 1 is 0.597 bits per heavy atom. The van der Waals surface area contributed by atoms with Crippen molar-refractivity contribution in [2.75, 3.05) is 25.1 Å². The number of carboxylic acids is 1. The minimum Gasteiger partial charge on any atom is -0.475 e. The minimum absolute atomic E-state index is 0.0484. The lowest BCUT2D eigenvalue weighted by molar-refractivity contribution is -0.138. The second-order valence-electron chi connectivity index (χ2n) is 13.3. The van der Waals surface area contributed by atoms with Gasteiger partial charge in [-0.25, -0.2) is 34.7 Å². The molecule has 0 fully saturated rings. The molecule has 8 rings (SSSR count). The van der Waals surface area contributed by atoms with Crippen LogP contribution < -0.4 is 31.2 Å². The Kier molecular flexibility index (Phi) is 14.2. The topological polar surface area (TPSA) is 278 Å². The average Bonchev–Trinajstić information content (AvgIpc) is 3.94. The molecular weight excluding hydrogens is 899 g/mol. The summed E-state index contributed by atoms with van der Waals surface area (Å²) in [5, 5.41) is 16.1. The van der Waals surface area contributed by atoms with E-state index in [1.807, 2.05) is 0 Å². The van der Waals surface area contributed by atoms with Crippen molar-refractivity contribution in [3.8, 4) is 23.3 Å². The molecule has 25 heteroatoms. The van der Waals surface area contributed by atoms with E-state index in [1.165, 1.54) is 51.0 Å². The predicted molar refractivity (Wildman–Crippen MR) is 225 cm³/mol. The maximum absolute atomic E-state index is 12.9. The third kappa shape index (κ3) is 12.5. The molecule has 0 bridgehead atoms. The van der Waals surface area contributed by atoms with E-state index < -0.39 is 41.3 Å². The molecule has 8 N–H and O–H groups in total. The fourth-order valence-electron chi connectivity index (χ4n) is 5.52. The van der Waals surface area contributed by atoms with Crippen molar-refractivity contribution < 1.29 is 60.1 Å². The first-order valence-corrected chi connectivity index (χ1v) is 18.9. The number of H-pyrrole nitrogens is 2. The van der Waals surface area contributed by atoms with E-state index in [0.29, 0.717) is 22.9 Å². The predicted octanol–water partition coefficient (Wildman–Crippen LogP) is 7.27. The van der Waals surface area contributed by atoms with Crippen LogP contribution in [0, 0.1) is 0 Å². The monoisotopic (exact) mass is 930 g/mol. The van der Waals surface area contributed by atoms with Gasteiger partial charge in [-0.3, -0.25) is 14.4 Å². The molecule has 19 nitrogen and oxygen atoms in total. The number of amides is 3. The Labute approximate surface area is 371 Å². The zero-order valence-corrected chi connectivity index (χ0v) is 34.3. The summed E-state index contributed by atoms with van der Waals surface area (Å²) in [6, 6.07) is 21.9. The number of rotatable bonds is 9. The number of fused-ring (bicyclic) bond motifs is 2. The van der Waals surface area contributed by atoms with Gasteiger partial charge in [0.05, 0.1) is 33.2 Å². The molecule has 8 aromatic rings. The Morgan fingerprint density at radius 2 is 1.07 bits per heavy atom. The van der Waals surface area contributed by atoms with Gasteiger partial charge in [0.25, 0.3) is 17.7 Å². The normalized spacial score (nSPS) is 11.0. The number of anilines is 2. The van der Waals surface area contributed by atoms with Crippen LogP contribution in [0.1, 0.15) is 53.3 Å². The quantitative estimate of drug-likeness (QED) is 0.0554. The van der Waals surface area contributed by atoms with Crippen LogP contribution >= 0.6 is 0 Å². The fourth-order valence-corrected chi connectivity index (χ4v) is 5.52. The number of imidazole rings is 2. The SMILES string of the molecule is CNC(=O)c1cc(Oc2cccc(N)c2)ncn1.CNC(=O)c1cc(Oc2cccc(NC(=O)c3nc4ccc(C(F)(F)F)cc4[nH]3)c2)ncn1.O=C(O)c1nc2ccc(C(F)(F)F)cc2[nH]1.